The predicted molar refractivity (Wildman–Crippen MR) is 95.0 cm³/mol. The minimum atomic E-state index is -1.27. The van der Waals surface area contributed by atoms with Crippen molar-refractivity contribution in [1.29, 1.82) is 5.26 Å². The number of benzene rings is 1. The summed E-state index contributed by atoms with van der Waals surface area (Å²) in [5.41, 5.74) is 0.578. The monoisotopic (exact) mass is 394 g/mol. The number of nitrogens with one attached hydrogen (secondary N) is 1. The van der Waals surface area contributed by atoms with E-state index in [1.807, 2.05) is 6.07 Å². The fourth-order valence-electron chi connectivity index (χ4n) is 2.57. The van der Waals surface area contributed by atoms with Crippen molar-refractivity contribution in [3.05, 3.63) is 45.5 Å². The first kappa shape index (κ1) is 19.8. The number of rotatable bonds is 5. The van der Waals surface area contributed by atoms with Crippen molar-refractivity contribution in [2.24, 2.45) is 5.92 Å². The fourth-order valence-corrected chi connectivity index (χ4v) is 3.71. The van der Waals surface area contributed by atoms with Crippen LogP contribution in [0, 0.1) is 17.2 Å². The van der Waals surface area contributed by atoms with Gasteiger partial charge in [0.2, 0.25) is 5.91 Å². The summed E-state index contributed by atoms with van der Waals surface area (Å²) in [6.45, 7) is 0. The van der Waals surface area contributed by atoms with Crippen molar-refractivity contribution in [2.45, 2.75) is 5.92 Å². The van der Waals surface area contributed by atoms with E-state index < -0.39 is 29.7 Å². The predicted octanol–water partition coefficient (Wildman–Crippen LogP) is 1.98. The molecule has 0 aliphatic carbocycles. The van der Waals surface area contributed by atoms with Crippen LogP contribution in [-0.2, 0) is 23.9 Å². The van der Waals surface area contributed by atoms with Crippen molar-refractivity contribution in [1.82, 2.24) is 5.32 Å². The molecule has 0 radical (unpaired) electrons. The van der Waals surface area contributed by atoms with Gasteiger partial charge in [0.1, 0.15) is 5.92 Å². The van der Waals surface area contributed by atoms with Crippen LogP contribution in [0.2, 0.25) is 5.02 Å². The zero-order chi connectivity index (χ0) is 19.3. The number of nitriles is 1. The van der Waals surface area contributed by atoms with E-state index in [1.165, 1.54) is 7.11 Å². The Bertz CT molecular complexity index is 818. The number of ether oxygens (including phenoxy) is 2. The van der Waals surface area contributed by atoms with E-state index in [2.05, 4.69) is 10.1 Å². The molecular formula is C17H15ClN2O5S. The van der Waals surface area contributed by atoms with Crippen LogP contribution in [0.25, 0.3) is 0 Å². The molecule has 0 saturated heterocycles. The van der Waals surface area contributed by atoms with Crippen LogP contribution in [0.3, 0.4) is 0 Å². The number of nitrogens with zero attached hydrogens (tertiary/aromatic N) is 1. The zero-order valence-electron chi connectivity index (χ0n) is 13.9. The van der Waals surface area contributed by atoms with Crippen LogP contribution in [0.15, 0.2) is 34.9 Å². The second-order valence-electron chi connectivity index (χ2n) is 5.21. The lowest BCUT2D eigenvalue weighted by Gasteiger charge is -2.31. The number of methoxy groups -OCH3 is 2. The molecule has 0 unspecified atom stereocenters. The number of esters is 2. The van der Waals surface area contributed by atoms with Crippen LogP contribution >= 0.6 is 23.4 Å². The highest BCUT2D eigenvalue weighted by Gasteiger charge is 2.45. The Morgan fingerprint density at radius 2 is 2.00 bits per heavy atom. The maximum atomic E-state index is 12.5. The van der Waals surface area contributed by atoms with Gasteiger partial charge in [-0.05, 0) is 11.6 Å². The third-order valence-corrected chi connectivity index (χ3v) is 5.12. The van der Waals surface area contributed by atoms with Crippen molar-refractivity contribution in [3.8, 4) is 6.07 Å². The highest BCUT2D eigenvalue weighted by atomic mass is 35.5. The molecular weight excluding hydrogens is 380 g/mol. The normalized spacial score (nSPS) is 19.4. The molecule has 2 rings (SSSR count). The van der Waals surface area contributed by atoms with E-state index in [4.69, 9.17) is 16.3 Å². The standard InChI is InChI=1S/C17H15ClN2O5S/c1-24-12(21)8-26-16-10(7-19)13(9-5-3-4-6-11(9)18)14(15(22)20-16)17(23)25-2/h3-6,13-14H,8H2,1-2H3,(H,20,22)/t13-,14-/m1/s1. The first-order valence-corrected chi connectivity index (χ1v) is 8.78. The Morgan fingerprint density at radius 3 is 2.58 bits per heavy atom. The van der Waals surface area contributed by atoms with Gasteiger partial charge in [-0.1, -0.05) is 41.6 Å². The zero-order valence-corrected chi connectivity index (χ0v) is 15.5. The van der Waals surface area contributed by atoms with Crippen LogP contribution in [-0.4, -0.2) is 37.8 Å². The molecule has 1 aliphatic rings. The summed E-state index contributed by atoms with van der Waals surface area (Å²) in [6.07, 6.45) is 0. The molecule has 26 heavy (non-hydrogen) atoms. The first-order valence-electron chi connectivity index (χ1n) is 7.41. The topological polar surface area (TPSA) is 105 Å². The van der Waals surface area contributed by atoms with Crippen LogP contribution in [0.5, 0.6) is 0 Å². The van der Waals surface area contributed by atoms with Gasteiger partial charge in [0, 0.05) is 10.9 Å². The van der Waals surface area contributed by atoms with E-state index in [1.54, 1.807) is 24.3 Å². The number of carbonyl (C=O) groups is 3. The van der Waals surface area contributed by atoms with Gasteiger partial charge in [-0.3, -0.25) is 14.4 Å². The molecule has 0 fully saturated rings. The molecule has 9 heteroatoms. The summed E-state index contributed by atoms with van der Waals surface area (Å²) in [4.78, 5) is 36.2. The van der Waals surface area contributed by atoms with Gasteiger partial charge in [0.25, 0.3) is 0 Å². The summed E-state index contributed by atoms with van der Waals surface area (Å²) in [5.74, 6) is -4.22. The van der Waals surface area contributed by atoms with Crippen LogP contribution in [0.4, 0.5) is 0 Å². The number of allylic oxidation sites excluding steroid dienone is 1. The summed E-state index contributed by atoms with van der Waals surface area (Å²) in [5, 5.41) is 12.7. The molecule has 136 valence electrons. The van der Waals surface area contributed by atoms with E-state index in [9.17, 15) is 19.6 Å². The first-order chi connectivity index (χ1) is 12.4. The molecule has 1 aromatic carbocycles. The maximum Gasteiger partial charge on any atom is 0.319 e. The third-order valence-electron chi connectivity index (χ3n) is 3.79. The summed E-state index contributed by atoms with van der Waals surface area (Å²) < 4.78 is 9.31. The maximum absolute atomic E-state index is 12.5. The van der Waals surface area contributed by atoms with Gasteiger partial charge in [-0.2, -0.15) is 5.26 Å². The van der Waals surface area contributed by atoms with Crippen molar-refractivity contribution < 1.29 is 23.9 Å². The van der Waals surface area contributed by atoms with Crippen molar-refractivity contribution >= 4 is 41.2 Å². The lowest BCUT2D eigenvalue weighted by atomic mass is 9.78. The molecule has 2 atom stereocenters. The number of hydrogen-bond acceptors (Lipinski definition) is 7. The number of carbonyl (C=O) groups excluding carboxylic acids is 3. The van der Waals surface area contributed by atoms with Crippen molar-refractivity contribution in [2.75, 3.05) is 20.0 Å². The van der Waals surface area contributed by atoms with Crippen LogP contribution in [0.1, 0.15) is 11.5 Å². The molecule has 0 saturated carbocycles. The molecule has 1 aromatic rings. The summed E-state index contributed by atoms with van der Waals surface area (Å²) in [7, 11) is 2.40. The van der Waals surface area contributed by atoms with Crippen molar-refractivity contribution in [3.63, 3.8) is 0 Å². The summed E-state index contributed by atoms with van der Waals surface area (Å²) >= 11 is 7.19. The molecule has 0 spiro atoms. The number of thioether (sulfide) groups is 1. The van der Waals surface area contributed by atoms with E-state index >= 15 is 0 Å². The smallest absolute Gasteiger partial charge is 0.319 e. The van der Waals surface area contributed by atoms with Gasteiger partial charge >= 0.3 is 11.9 Å². The number of amides is 1. The third kappa shape index (κ3) is 4.00. The van der Waals surface area contributed by atoms with E-state index in [-0.39, 0.29) is 16.4 Å². The molecule has 7 nitrogen and oxygen atoms in total. The second-order valence-corrected chi connectivity index (χ2v) is 6.60. The Labute approximate surface area is 159 Å². The fraction of sp³-hybridized carbons (Fsp3) is 0.294. The molecule has 1 N–H and O–H groups in total. The SMILES string of the molecule is COC(=O)CSC1=C(C#N)[C@@H](c2ccccc2Cl)[C@@H](C(=O)OC)C(=O)N1. The van der Waals surface area contributed by atoms with Gasteiger partial charge in [-0.25, -0.2) is 0 Å². The molecule has 1 amide bonds. The average Bonchev–Trinajstić information content (AvgIpc) is 2.65. The van der Waals surface area contributed by atoms with Gasteiger partial charge in [-0.15, -0.1) is 0 Å². The average molecular weight is 395 g/mol. The quantitative estimate of drug-likeness (QED) is 0.601. The number of hydrogen-bond donors (Lipinski definition) is 1. The molecule has 1 heterocycles. The minimum Gasteiger partial charge on any atom is -0.468 e. The van der Waals surface area contributed by atoms with E-state index in [0.717, 1.165) is 18.9 Å². The Kier molecular flexibility index (Phi) is 6.66. The largest absolute Gasteiger partial charge is 0.468 e. The van der Waals surface area contributed by atoms with E-state index in [0.29, 0.717) is 10.6 Å². The Hall–Kier alpha value is -2.50. The van der Waals surface area contributed by atoms with Gasteiger partial charge in [0.15, 0.2) is 0 Å². The molecule has 0 bridgehead atoms. The highest BCUT2D eigenvalue weighted by molar-refractivity contribution is 8.03. The Morgan fingerprint density at radius 1 is 1.31 bits per heavy atom. The Balaban J connectivity index is 2.58. The molecule has 0 aromatic heterocycles. The van der Waals surface area contributed by atoms with Crippen LogP contribution < -0.4 is 5.32 Å². The molecule has 1 aliphatic heterocycles. The summed E-state index contributed by atoms with van der Waals surface area (Å²) in [6, 6.07) is 8.66. The van der Waals surface area contributed by atoms with Gasteiger partial charge < -0.3 is 14.8 Å². The lowest BCUT2D eigenvalue weighted by Crippen LogP contribution is -2.44. The van der Waals surface area contributed by atoms with Gasteiger partial charge in [0.05, 0.1) is 36.6 Å². The minimum absolute atomic E-state index is 0.102. The second kappa shape index (κ2) is 8.74. The number of halogens is 1. The lowest BCUT2D eigenvalue weighted by molar-refractivity contribution is -0.150. The highest BCUT2D eigenvalue weighted by Crippen LogP contribution is 2.42.